The van der Waals surface area contributed by atoms with Crippen LogP contribution < -0.4 is 5.32 Å². The Morgan fingerprint density at radius 3 is 2.86 bits per heavy atom. The smallest absolute Gasteiger partial charge is 0.222 e. The van der Waals surface area contributed by atoms with Crippen molar-refractivity contribution in [3.05, 3.63) is 18.2 Å². The molecule has 0 aromatic carbocycles. The molecule has 2 amide bonds. The van der Waals surface area contributed by atoms with Crippen LogP contribution in [0.2, 0.25) is 0 Å². The molecule has 1 aromatic rings. The number of carbonyl (C=O) groups is 2. The average molecular weight is 294 g/mol. The Kier molecular flexibility index (Phi) is 4.62. The minimum Gasteiger partial charge on any atom is -0.394 e. The van der Waals surface area contributed by atoms with Crippen LogP contribution in [0.1, 0.15) is 32.0 Å². The molecule has 116 valence electrons. The number of amides is 2. The minimum atomic E-state index is -0.752. The molecular formula is C14H22N4O3. The van der Waals surface area contributed by atoms with Crippen molar-refractivity contribution < 1.29 is 14.7 Å². The van der Waals surface area contributed by atoms with E-state index in [2.05, 4.69) is 10.3 Å². The highest BCUT2D eigenvalue weighted by Crippen LogP contribution is 2.32. The first kappa shape index (κ1) is 15.5. The van der Waals surface area contributed by atoms with E-state index in [0.717, 1.165) is 12.2 Å². The Morgan fingerprint density at radius 2 is 2.29 bits per heavy atom. The summed E-state index contributed by atoms with van der Waals surface area (Å²) in [6.45, 7) is 2.22. The minimum absolute atomic E-state index is 0.0987. The number of aryl methyl sites for hydroxylation is 1. The van der Waals surface area contributed by atoms with Gasteiger partial charge in [-0.25, -0.2) is 4.98 Å². The summed E-state index contributed by atoms with van der Waals surface area (Å²) < 4.78 is 1.83. The summed E-state index contributed by atoms with van der Waals surface area (Å²) in [5.74, 6) is 0.481. The van der Waals surface area contributed by atoms with Crippen LogP contribution >= 0.6 is 0 Å². The molecule has 2 rings (SSSR count). The summed E-state index contributed by atoms with van der Waals surface area (Å²) >= 11 is 0. The van der Waals surface area contributed by atoms with Gasteiger partial charge in [0.05, 0.1) is 25.1 Å². The topological polar surface area (TPSA) is 87.5 Å². The Labute approximate surface area is 124 Å². The van der Waals surface area contributed by atoms with E-state index >= 15 is 0 Å². The Morgan fingerprint density at radius 1 is 1.52 bits per heavy atom. The maximum absolute atomic E-state index is 12.1. The molecule has 0 saturated carbocycles. The third-order valence-corrected chi connectivity index (χ3v) is 4.13. The number of likely N-dealkylation sites (tertiary alicyclic amines) is 1. The van der Waals surface area contributed by atoms with E-state index in [1.165, 1.54) is 6.92 Å². The van der Waals surface area contributed by atoms with Crippen LogP contribution in [0, 0.1) is 0 Å². The van der Waals surface area contributed by atoms with E-state index in [0.29, 0.717) is 19.5 Å². The van der Waals surface area contributed by atoms with Crippen LogP contribution in [0.5, 0.6) is 0 Å². The molecule has 1 atom stereocenters. The fourth-order valence-electron chi connectivity index (χ4n) is 2.94. The van der Waals surface area contributed by atoms with Crippen molar-refractivity contribution in [1.82, 2.24) is 19.8 Å². The predicted octanol–water partition coefficient (Wildman–Crippen LogP) is -0.200. The second-order valence-electron chi connectivity index (χ2n) is 5.56. The van der Waals surface area contributed by atoms with Crippen LogP contribution in [0.4, 0.5) is 0 Å². The highest BCUT2D eigenvalue weighted by Gasteiger charge is 2.43. The zero-order chi connectivity index (χ0) is 15.5. The lowest BCUT2D eigenvalue weighted by atomic mass is 9.92. The number of hydrogen-bond acceptors (Lipinski definition) is 4. The van der Waals surface area contributed by atoms with Crippen LogP contribution in [0.15, 0.2) is 12.4 Å². The summed E-state index contributed by atoms with van der Waals surface area (Å²) in [6.07, 6.45) is 5.06. The number of nitrogens with zero attached hydrogens (tertiary/aromatic N) is 3. The molecule has 0 radical (unpaired) electrons. The maximum Gasteiger partial charge on any atom is 0.222 e. The van der Waals surface area contributed by atoms with Crippen LogP contribution in [0.3, 0.4) is 0 Å². The quantitative estimate of drug-likeness (QED) is 0.787. The monoisotopic (exact) mass is 294 g/mol. The molecule has 0 spiro atoms. The third-order valence-electron chi connectivity index (χ3n) is 4.13. The molecule has 7 heteroatoms. The van der Waals surface area contributed by atoms with E-state index in [9.17, 15) is 14.7 Å². The molecule has 2 heterocycles. The number of hydrogen-bond donors (Lipinski definition) is 2. The van der Waals surface area contributed by atoms with Crippen molar-refractivity contribution in [2.24, 2.45) is 7.05 Å². The molecule has 0 unspecified atom stereocenters. The van der Waals surface area contributed by atoms with Crippen molar-refractivity contribution in [2.75, 3.05) is 13.2 Å². The fraction of sp³-hybridized carbons (Fsp3) is 0.643. The second kappa shape index (κ2) is 6.26. The Balaban J connectivity index is 1.97. The molecule has 7 nitrogen and oxygen atoms in total. The average Bonchev–Trinajstić information content (AvgIpc) is 3.03. The van der Waals surface area contributed by atoms with Crippen molar-refractivity contribution in [1.29, 1.82) is 0 Å². The molecule has 1 aromatic heterocycles. The van der Waals surface area contributed by atoms with Crippen molar-refractivity contribution in [3.8, 4) is 0 Å². The van der Waals surface area contributed by atoms with Gasteiger partial charge in [-0.1, -0.05) is 0 Å². The van der Waals surface area contributed by atoms with Gasteiger partial charge in [0.2, 0.25) is 11.8 Å². The molecule has 2 N–H and O–H groups in total. The van der Waals surface area contributed by atoms with Crippen molar-refractivity contribution >= 4 is 11.8 Å². The van der Waals surface area contributed by atoms with Gasteiger partial charge < -0.3 is 19.9 Å². The summed E-state index contributed by atoms with van der Waals surface area (Å²) in [5.41, 5.74) is -0.752. The molecule has 1 saturated heterocycles. The predicted molar refractivity (Wildman–Crippen MR) is 76.1 cm³/mol. The lowest BCUT2D eigenvalue weighted by molar-refractivity contribution is -0.137. The number of rotatable bonds is 5. The van der Waals surface area contributed by atoms with Gasteiger partial charge >= 0.3 is 0 Å². The second-order valence-corrected chi connectivity index (χ2v) is 5.56. The van der Waals surface area contributed by atoms with Gasteiger partial charge in [0, 0.05) is 32.9 Å². The van der Waals surface area contributed by atoms with Gasteiger partial charge in [0.1, 0.15) is 5.82 Å². The van der Waals surface area contributed by atoms with Gasteiger partial charge in [-0.15, -0.1) is 0 Å². The molecule has 0 bridgehead atoms. The van der Waals surface area contributed by atoms with Gasteiger partial charge in [-0.3, -0.25) is 9.59 Å². The summed E-state index contributed by atoms with van der Waals surface area (Å²) in [6, 6.07) is 0. The molecular weight excluding hydrogens is 272 g/mol. The van der Waals surface area contributed by atoms with Crippen LogP contribution in [0.25, 0.3) is 0 Å². The lowest BCUT2D eigenvalue weighted by Gasteiger charge is -2.36. The van der Waals surface area contributed by atoms with E-state index in [4.69, 9.17) is 0 Å². The van der Waals surface area contributed by atoms with Crippen molar-refractivity contribution in [3.63, 3.8) is 0 Å². The first-order valence-electron chi connectivity index (χ1n) is 7.10. The van der Waals surface area contributed by atoms with E-state index in [-0.39, 0.29) is 24.8 Å². The highest BCUT2D eigenvalue weighted by molar-refractivity contribution is 5.80. The Hall–Kier alpha value is -1.89. The van der Waals surface area contributed by atoms with E-state index in [1.54, 1.807) is 11.1 Å². The lowest BCUT2D eigenvalue weighted by Crippen LogP contribution is -2.52. The fourth-order valence-corrected chi connectivity index (χ4v) is 2.94. The third kappa shape index (κ3) is 3.24. The number of aromatic nitrogens is 2. The summed E-state index contributed by atoms with van der Waals surface area (Å²) in [4.78, 5) is 29.6. The van der Waals surface area contributed by atoms with Gasteiger partial charge in [-0.2, -0.15) is 0 Å². The van der Waals surface area contributed by atoms with E-state index < -0.39 is 5.54 Å². The standard InChI is InChI=1S/C14H22N4O3/c1-11(20)18-6-3-4-14(18,10-19)8-13(21)16-9-12-15-5-7-17(12)2/h5,7,19H,3-4,6,8-10H2,1-2H3,(H,16,21)/t14-/m0/s1. The normalized spacial score (nSPS) is 21.6. The zero-order valence-corrected chi connectivity index (χ0v) is 12.5. The van der Waals surface area contributed by atoms with Gasteiger partial charge in [0.15, 0.2) is 0 Å². The number of aliphatic hydroxyl groups excluding tert-OH is 1. The SMILES string of the molecule is CC(=O)N1CCC[C@@]1(CO)CC(=O)NCc1nccn1C. The summed E-state index contributed by atoms with van der Waals surface area (Å²) in [5, 5.41) is 12.5. The van der Waals surface area contributed by atoms with Gasteiger partial charge in [-0.05, 0) is 12.8 Å². The Bertz CT molecular complexity index is 528. The first-order chi connectivity index (χ1) is 9.98. The number of aliphatic hydroxyl groups is 1. The molecule has 0 aliphatic carbocycles. The highest BCUT2D eigenvalue weighted by atomic mass is 16.3. The molecule has 1 aliphatic heterocycles. The summed E-state index contributed by atoms with van der Waals surface area (Å²) in [7, 11) is 1.86. The largest absolute Gasteiger partial charge is 0.394 e. The zero-order valence-electron chi connectivity index (χ0n) is 12.5. The first-order valence-corrected chi connectivity index (χ1v) is 7.10. The van der Waals surface area contributed by atoms with Gasteiger partial charge in [0.25, 0.3) is 0 Å². The number of nitrogens with one attached hydrogen (secondary N) is 1. The molecule has 1 aliphatic rings. The molecule has 21 heavy (non-hydrogen) atoms. The van der Waals surface area contributed by atoms with E-state index in [1.807, 2.05) is 17.8 Å². The molecule has 1 fully saturated rings. The number of carbonyl (C=O) groups excluding carboxylic acids is 2. The van der Waals surface area contributed by atoms with Crippen molar-refractivity contribution in [2.45, 2.75) is 38.3 Å². The van der Waals surface area contributed by atoms with Crippen LogP contribution in [-0.4, -0.2) is 50.1 Å². The number of imidazole rings is 1. The maximum atomic E-state index is 12.1. The van der Waals surface area contributed by atoms with Crippen LogP contribution in [-0.2, 0) is 23.2 Å².